The maximum atomic E-state index is 5.91. The molecule has 2 aromatic rings. The second-order valence-corrected chi connectivity index (χ2v) is 6.46. The number of hydrogen-bond acceptors (Lipinski definition) is 5. The largest absolute Gasteiger partial charge is 0.387 e. The number of nitrogens with zero attached hydrogens (tertiary/aromatic N) is 5. The molecule has 1 atom stereocenters. The van der Waals surface area contributed by atoms with Gasteiger partial charge in [-0.1, -0.05) is 11.2 Å². The monoisotopic (exact) mass is 311 g/mol. The van der Waals surface area contributed by atoms with Crippen LogP contribution in [0.15, 0.2) is 41.8 Å². The van der Waals surface area contributed by atoms with Crippen molar-refractivity contribution in [3.05, 3.63) is 48.0 Å². The van der Waals surface area contributed by atoms with E-state index < -0.39 is 0 Å². The third kappa shape index (κ3) is 2.86. The molecule has 0 aromatic carbocycles. The molecule has 23 heavy (non-hydrogen) atoms. The molecule has 1 spiro atoms. The number of pyridine rings is 1. The van der Waals surface area contributed by atoms with Crippen LogP contribution < -0.4 is 0 Å². The van der Waals surface area contributed by atoms with Gasteiger partial charge in [0.05, 0.1) is 11.4 Å². The number of rotatable bonds is 3. The van der Waals surface area contributed by atoms with Gasteiger partial charge in [0.2, 0.25) is 0 Å². The van der Waals surface area contributed by atoms with Crippen LogP contribution >= 0.6 is 0 Å². The third-order valence-corrected chi connectivity index (χ3v) is 4.73. The van der Waals surface area contributed by atoms with Gasteiger partial charge >= 0.3 is 0 Å². The Bertz CT molecular complexity index is 711. The fourth-order valence-electron chi connectivity index (χ4n) is 3.52. The summed E-state index contributed by atoms with van der Waals surface area (Å²) >= 11 is 0. The van der Waals surface area contributed by atoms with E-state index in [4.69, 9.17) is 4.84 Å². The van der Waals surface area contributed by atoms with Crippen LogP contribution in [-0.4, -0.2) is 44.1 Å². The number of hydrogen-bond donors (Lipinski definition) is 0. The lowest BCUT2D eigenvalue weighted by Gasteiger charge is -2.38. The van der Waals surface area contributed by atoms with Gasteiger partial charge in [-0.2, -0.15) is 5.10 Å². The first-order valence-electron chi connectivity index (χ1n) is 8.10. The highest BCUT2D eigenvalue weighted by Crippen LogP contribution is 2.35. The van der Waals surface area contributed by atoms with Crippen molar-refractivity contribution in [1.29, 1.82) is 0 Å². The second-order valence-electron chi connectivity index (χ2n) is 6.46. The average Bonchev–Trinajstić information content (AvgIpc) is 3.16. The number of aryl methyl sites for hydroxylation is 1. The summed E-state index contributed by atoms with van der Waals surface area (Å²) in [5.74, 6) is 0. The maximum Gasteiger partial charge on any atom is 0.156 e. The fourth-order valence-corrected chi connectivity index (χ4v) is 3.52. The smallest absolute Gasteiger partial charge is 0.156 e. The summed E-state index contributed by atoms with van der Waals surface area (Å²) in [6.45, 7) is 2.90. The molecule has 4 heterocycles. The molecule has 120 valence electrons. The standard InChI is InChI=1S/C17H21N5O/c1-21-14(6-9-19-21)12-22-10-4-7-17(13-22)11-16(20-23-17)15-5-2-3-8-18-15/h2-3,5-6,8-9H,4,7,10-13H2,1H3. The summed E-state index contributed by atoms with van der Waals surface area (Å²) in [4.78, 5) is 12.7. The molecule has 0 bridgehead atoms. The molecule has 1 fully saturated rings. The van der Waals surface area contributed by atoms with Gasteiger partial charge in [0.1, 0.15) is 5.71 Å². The molecule has 6 nitrogen and oxygen atoms in total. The minimum Gasteiger partial charge on any atom is -0.387 e. The summed E-state index contributed by atoms with van der Waals surface area (Å²) < 4.78 is 1.94. The van der Waals surface area contributed by atoms with Crippen molar-refractivity contribution >= 4 is 5.71 Å². The quantitative estimate of drug-likeness (QED) is 0.870. The molecule has 6 heteroatoms. The highest BCUT2D eigenvalue weighted by molar-refractivity contribution is 6.00. The lowest BCUT2D eigenvalue weighted by molar-refractivity contribution is -0.0707. The molecule has 1 saturated heterocycles. The van der Waals surface area contributed by atoms with Crippen LogP contribution in [-0.2, 0) is 18.4 Å². The van der Waals surface area contributed by atoms with E-state index in [2.05, 4.69) is 26.2 Å². The molecule has 0 aliphatic carbocycles. The number of piperidine rings is 1. The molecule has 1 unspecified atom stereocenters. The Balaban J connectivity index is 1.45. The van der Waals surface area contributed by atoms with Crippen molar-refractivity contribution in [1.82, 2.24) is 19.7 Å². The van der Waals surface area contributed by atoms with Crippen LogP contribution in [0, 0.1) is 0 Å². The highest BCUT2D eigenvalue weighted by Gasteiger charge is 2.43. The molecule has 0 amide bonds. The summed E-state index contributed by atoms with van der Waals surface area (Å²) in [5.41, 5.74) is 2.93. The Morgan fingerprint density at radius 1 is 1.26 bits per heavy atom. The summed E-state index contributed by atoms with van der Waals surface area (Å²) in [6.07, 6.45) is 6.67. The first kappa shape index (κ1) is 14.4. The second kappa shape index (κ2) is 5.77. The summed E-state index contributed by atoms with van der Waals surface area (Å²) in [7, 11) is 1.99. The van der Waals surface area contributed by atoms with Crippen LogP contribution in [0.1, 0.15) is 30.7 Å². The first-order valence-corrected chi connectivity index (χ1v) is 8.10. The zero-order chi connectivity index (χ0) is 15.7. The maximum absolute atomic E-state index is 5.91. The Morgan fingerprint density at radius 3 is 3.00 bits per heavy atom. The molecule has 0 saturated carbocycles. The van der Waals surface area contributed by atoms with Gasteiger partial charge in [0, 0.05) is 39.0 Å². The molecule has 0 N–H and O–H groups in total. The first-order chi connectivity index (χ1) is 11.2. The van der Waals surface area contributed by atoms with Crippen molar-refractivity contribution in [2.75, 3.05) is 13.1 Å². The third-order valence-electron chi connectivity index (χ3n) is 4.73. The Morgan fingerprint density at radius 2 is 2.22 bits per heavy atom. The number of oxime groups is 1. The Labute approximate surface area is 135 Å². The topological polar surface area (TPSA) is 55.5 Å². The van der Waals surface area contributed by atoms with Crippen molar-refractivity contribution in [2.45, 2.75) is 31.4 Å². The lowest BCUT2D eigenvalue weighted by atomic mass is 9.87. The molecule has 0 radical (unpaired) electrons. The molecular weight excluding hydrogens is 290 g/mol. The van der Waals surface area contributed by atoms with Crippen molar-refractivity contribution in [2.24, 2.45) is 12.2 Å². The normalized spacial score (nSPS) is 24.7. The van der Waals surface area contributed by atoms with E-state index >= 15 is 0 Å². The van der Waals surface area contributed by atoms with E-state index in [0.717, 1.165) is 50.3 Å². The van der Waals surface area contributed by atoms with Crippen molar-refractivity contribution in [3.8, 4) is 0 Å². The predicted octanol–water partition coefficient (Wildman–Crippen LogP) is 1.97. The van der Waals surface area contributed by atoms with Gasteiger partial charge in [0.15, 0.2) is 5.60 Å². The lowest BCUT2D eigenvalue weighted by Crippen LogP contribution is -2.48. The predicted molar refractivity (Wildman–Crippen MR) is 86.9 cm³/mol. The fraction of sp³-hybridized carbons (Fsp3) is 0.471. The van der Waals surface area contributed by atoms with Gasteiger partial charge in [-0.15, -0.1) is 0 Å². The average molecular weight is 311 g/mol. The van der Waals surface area contributed by atoms with E-state index in [1.54, 1.807) is 6.20 Å². The van der Waals surface area contributed by atoms with Crippen molar-refractivity contribution < 1.29 is 4.84 Å². The molecule has 4 rings (SSSR count). The molecular formula is C17H21N5O. The Kier molecular flexibility index (Phi) is 3.61. The number of aromatic nitrogens is 3. The van der Waals surface area contributed by atoms with E-state index in [0.29, 0.717) is 0 Å². The highest BCUT2D eigenvalue weighted by atomic mass is 16.7. The Hall–Kier alpha value is -2.21. The minimum atomic E-state index is -0.191. The summed E-state index contributed by atoms with van der Waals surface area (Å²) in [6, 6.07) is 7.99. The zero-order valence-corrected chi connectivity index (χ0v) is 13.4. The minimum absolute atomic E-state index is 0.191. The molecule has 2 aliphatic rings. The van der Waals surface area contributed by atoms with E-state index in [1.807, 2.05) is 36.1 Å². The van der Waals surface area contributed by atoms with Crippen LogP contribution in [0.3, 0.4) is 0 Å². The van der Waals surface area contributed by atoms with Gasteiger partial charge < -0.3 is 4.84 Å². The van der Waals surface area contributed by atoms with E-state index in [9.17, 15) is 0 Å². The molecule has 2 aromatic heterocycles. The van der Waals surface area contributed by atoms with Gasteiger partial charge in [-0.3, -0.25) is 14.6 Å². The summed E-state index contributed by atoms with van der Waals surface area (Å²) in [5, 5.41) is 8.59. The van der Waals surface area contributed by atoms with Crippen LogP contribution in [0.25, 0.3) is 0 Å². The van der Waals surface area contributed by atoms with E-state index in [-0.39, 0.29) is 5.60 Å². The SMILES string of the molecule is Cn1nccc1CN1CCCC2(CC(c3ccccn3)=NO2)C1. The van der Waals surface area contributed by atoms with Gasteiger partial charge in [0.25, 0.3) is 0 Å². The van der Waals surface area contributed by atoms with Crippen LogP contribution in [0.4, 0.5) is 0 Å². The van der Waals surface area contributed by atoms with Gasteiger partial charge in [-0.05, 0) is 37.6 Å². The zero-order valence-electron chi connectivity index (χ0n) is 13.4. The molecule has 2 aliphatic heterocycles. The van der Waals surface area contributed by atoms with Crippen molar-refractivity contribution in [3.63, 3.8) is 0 Å². The number of likely N-dealkylation sites (tertiary alicyclic amines) is 1. The van der Waals surface area contributed by atoms with Crippen LogP contribution in [0.5, 0.6) is 0 Å². The van der Waals surface area contributed by atoms with Crippen LogP contribution in [0.2, 0.25) is 0 Å². The van der Waals surface area contributed by atoms with E-state index in [1.165, 1.54) is 5.69 Å². The van der Waals surface area contributed by atoms with Gasteiger partial charge in [-0.25, -0.2) is 0 Å².